The van der Waals surface area contributed by atoms with Crippen LogP contribution in [0.1, 0.15) is 17.5 Å². The standard InChI is InChI=1S/C17H12F4N2O2/c18-12-7-3-1-5-10(12)14-9-15(25-23-14)16(24)22-13-8-4-2-6-11(13)17(19,20)21/h1-8,15H,9H2,(H,22,24). The Morgan fingerprint density at radius 2 is 1.80 bits per heavy atom. The smallest absolute Gasteiger partial charge is 0.382 e. The molecular formula is C17H12F4N2O2. The zero-order chi connectivity index (χ0) is 18.0. The molecule has 3 rings (SSSR count). The van der Waals surface area contributed by atoms with Gasteiger partial charge in [-0.2, -0.15) is 13.2 Å². The van der Waals surface area contributed by atoms with Crippen molar-refractivity contribution in [2.24, 2.45) is 5.16 Å². The van der Waals surface area contributed by atoms with Gasteiger partial charge in [-0.3, -0.25) is 4.79 Å². The average molecular weight is 352 g/mol. The first-order valence-electron chi connectivity index (χ1n) is 7.31. The van der Waals surface area contributed by atoms with Crippen LogP contribution in [0, 0.1) is 5.82 Å². The molecule has 1 unspecified atom stereocenters. The van der Waals surface area contributed by atoms with E-state index in [0.29, 0.717) is 0 Å². The van der Waals surface area contributed by atoms with Crippen molar-refractivity contribution < 1.29 is 27.2 Å². The van der Waals surface area contributed by atoms with Gasteiger partial charge in [0.1, 0.15) is 5.82 Å². The maximum atomic E-state index is 13.7. The predicted octanol–water partition coefficient (Wildman–Crippen LogP) is 3.98. The zero-order valence-electron chi connectivity index (χ0n) is 12.7. The van der Waals surface area contributed by atoms with E-state index in [1.54, 1.807) is 6.07 Å². The molecule has 130 valence electrons. The minimum atomic E-state index is -4.60. The number of rotatable bonds is 3. The number of para-hydroxylation sites is 1. The number of carbonyl (C=O) groups excluding carboxylic acids is 1. The maximum absolute atomic E-state index is 13.7. The largest absolute Gasteiger partial charge is 0.418 e. The van der Waals surface area contributed by atoms with Gasteiger partial charge < -0.3 is 10.2 Å². The van der Waals surface area contributed by atoms with E-state index in [1.165, 1.54) is 30.3 Å². The topological polar surface area (TPSA) is 50.7 Å². The van der Waals surface area contributed by atoms with Gasteiger partial charge >= 0.3 is 6.18 Å². The molecule has 2 aromatic rings. The van der Waals surface area contributed by atoms with Crippen molar-refractivity contribution in [3.05, 3.63) is 65.5 Å². The fraction of sp³-hybridized carbons (Fsp3) is 0.176. The lowest BCUT2D eigenvalue weighted by Gasteiger charge is -2.15. The number of hydrogen-bond acceptors (Lipinski definition) is 3. The van der Waals surface area contributed by atoms with Crippen molar-refractivity contribution in [3.63, 3.8) is 0 Å². The molecule has 1 amide bonds. The summed E-state index contributed by atoms with van der Waals surface area (Å²) in [5.41, 5.74) is -0.921. The fourth-order valence-electron chi connectivity index (χ4n) is 2.42. The highest BCUT2D eigenvalue weighted by Crippen LogP contribution is 2.34. The van der Waals surface area contributed by atoms with Crippen LogP contribution in [0.2, 0.25) is 0 Å². The van der Waals surface area contributed by atoms with Crippen molar-refractivity contribution >= 4 is 17.3 Å². The third-order valence-electron chi connectivity index (χ3n) is 3.64. The lowest BCUT2D eigenvalue weighted by Crippen LogP contribution is -2.29. The second kappa shape index (κ2) is 6.54. The van der Waals surface area contributed by atoms with E-state index in [2.05, 4.69) is 10.5 Å². The van der Waals surface area contributed by atoms with Gasteiger partial charge in [0.05, 0.1) is 17.0 Å². The van der Waals surface area contributed by atoms with Crippen molar-refractivity contribution in [2.45, 2.75) is 18.7 Å². The lowest BCUT2D eigenvalue weighted by molar-refractivity contribution is -0.137. The van der Waals surface area contributed by atoms with Crippen LogP contribution in [-0.2, 0) is 15.8 Å². The van der Waals surface area contributed by atoms with E-state index in [4.69, 9.17) is 4.84 Å². The number of carbonyl (C=O) groups is 1. The summed E-state index contributed by atoms with van der Waals surface area (Å²) in [4.78, 5) is 17.1. The van der Waals surface area contributed by atoms with Gasteiger partial charge in [-0.15, -0.1) is 0 Å². The van der Waals surface area contributed by atoms with Crippen LogP contribution in [0.4, 0.5) is 23.2 Å². The van der Waals surface area contributed by atoms with E-state index in [1.807, 2.05) is 0 Å². The first-order chi connectivity index (χ1) is 11.9. The molecule has 1 heterocycles. The highest BCUT2D eigenvalue weighted by atomic mass is 19.4. The SMILES string of the molecule is O=C(Nc1ccccc1C(F)(F)F)C1CC(c2ccccc2F)=NO1. The molecule has 0 aliphatic carbocycles. The summed E-state index contributed by atoms with van der Waals surface area (Å²) < 4.78 is 52.6. The highest BCUT2D eigenvalue weighted by Gasteiger charge is 2.35. The Morgan fingerprint density at radius 3 is 2.52 bits per heavy atom. The van der Waals surface area contributed by atoms with Crippen LogP contribution in [-0.4, -0.2) is 17.7 Å². The van der Waals surface area contributed by atoms with E-state index in [0.717, 1.165) is 12.1 Å². The normalized spacial score (nSPS) is 17.0. The molecule has 25 heavy (non-hydrogen) atoms. The minimum absolute atomic E-state index is 0.0407. The Hall–Kier alpha value is -2.90. The quantitative estimate of drug-likeness (QED) is 0.850. The molecule has 0 radical (unpaired) electrons. The monoisotopic (exact) mass is 352 g/mol. The number of nitrogens with one attached hydrogen (secondary N) is 1. The first kappa shape index (κ1) is 16.9. The van der Waals surface area contributed by atoms with Crippen molar-refractivity contribution in [2.75, 3.05) is 5.32 Å². The molecule has 4 nitrogen and oxygen atoms in total. The number of benzene rings is 2. The highest BCUT2D eigenvalue weighted by molar-refractivity contribution is 6.06. The van der Waals surface area contributed by atoms with Gasteiger partial charge in [0.15, 0.2) is 0 Å². The molecule has 8 heteroatoms. The third-order valence-corrected chi connectivity index (χ3v) is 3.64. The number of hydrogen-bond donors (Lipinski definition) is 1. The Morgan fingerprint density at radius 1 is 1.12 bits per heavy atom. The second-order valence-electron chi connectivity index (χ2n) is 5.35. The maximum Gasteiger partial charge on any atom is 0.418 e. The van der Waals surface area contributed by atoms with Gasteiger partial charge in [-0.1, -0.05) is 35.5 Å². The number of alkyl halides is 3. The Balaban J connectivity index is 1.72. The summed E-state index contributed by atoms with van der Waals surface area (Å²) in [6, 6.07) is 10.5. The van der Waals surface area contributed by atoms with E-state index in [9.17, 15) is 22.4 Å². The molecule has 0 saturated heterocycles. The number of amides is 1. The second-order valence-corrected chi connectivity index (χ2v) is 5.35. The van der Waals surface area contributed by atoms with Crippen molar-refractivity contribution in [1.29, 1.82) is 0 Å². The van der Waals surface area contributed by atoms with Crippen LogP contribution in [0.25, 0.3) is 0 Å². The molecule has 1 N–H and O–H groups in total. The molecule has 0 spiro atoms. The van der Waals surface area contributed by atoms with E-state index in [-0.39, 0.29) is 23.4 Å². The molecule has 1 aliphatic rings. The first-order valence-corrected chi connectivity index (χ1v) is 7.31. The predicted molar refractivity (Wildman–Crippen MR) is 82.5 cm³/mol. The third kappa shape index (κ3) is 3.62. The summed E-state index contributed by atoms with van der Waals surface area (Å²) in [6.45, 7) is 0. The number of oxime groups is 1. The van der Waals surface area contributed by atoms with Crippen molar-refractivity contribution in [3.8, 4) is 0 Å². The van der Waals surface area contributed by atoms with Gasteiger partial charge in [-0.25, -0.2) is 4.39 Å². The molecule has 1 aliphatic heterocycles. The van der Waals surface area contributed by atoms with Crippen LogP contribution >= 0.6 is 0 Å². The number of nitrogens with zero attached hydrogens (tertiary/aromatic N) is 1. The summed E-state index contributed by atoms with van der Waals surface area (Å²) in [5.74, 6) is -1.31. The summed E-state index contributed by atoms with van der Waals surface area (Å²) in [7, 11) is 0. The minimum Gasteiger partial charge on any atom is -0.382 e. The molecule has 2 aromatic carbocycles. The van der Waals surface area contributed by atoms with Crippen LogP contribution < -0.4 is 5.32 Å². The average Bonchev–Trinajstić information content (AvgIpc) is 3.04. The Bertz CT molecular complexity index is 833. The molecule has 1 atom stereocenters. The molecular weight excluding hydrogens is 340 g/mol. The summed E-state index contributed by atoms with van der Waals surface area (Å²) >= 11 is 0. The molecule has 0 aromatic heterocycles. The lowest BCUT2D eigenvalue weighted by atomic mass is 10.0. The number of anilines is 1. The van der Waals surface area contributed by atoms with Crippen LogP contribution in [0.15, 0.2) is 53.7 Å². The number of halogens is 4. The van der Waals surface area contributed by atoms with E-state index < -0.39 is 29.6 Å². The summed E-state index contributed by atoms with van der Waals surface area (Å²) in [5, 5.41) is 5.87. The fourth-order valence-corrected chi connectivity index (χ4v) is 2.42. The van der Waals surface area contributed by atoms with Gasteiger partial charge in [0.25, 0.3) is 5.91 Å². The van der Waals surface area contributed by atoms with Crippen molar-refractivity contribution in [1.82, 2.24) is 0 Å². The molecule has 0 bridgehead atoms. The Kier molecular flexibility index (Phi) is 4.43. The Labute approximate surface area is 140 Å². The van der Waals surface area contributed by atoms with Gasteiger partial charge in [-0.05, 0) is 18.2 Å². The summed E-state index contributed by atoms with van der Waals surface area (Å²) in [6.07, 6.45) is -5.77. The van der Waals surface area contributed by atoms with E-state index >= 15 is 0 Å². The van der Waals surface area contributed by atoms with Gasteiger partial charge in [0, 0.05) is 12.0 Å². The zero-order valence-corrected chi connectivity index (χ0v) is 12.7. The molecule has 0 fully saturated rings. The molecule has 0 saturated carbocycles. The van der Waals surface area contributed by atoms with Crippen LogP contribution in [0.3, 0.4) is 0 Å². The van der Waals surface area contributed by atoms with Crippen LogP contribution in [0.5, 0.6) is 0 Å². The van der Waals surface area contributed by atoms with Gasteiger partial charge in [0.2, 0.25) is 6.10 Å².